The van der Waals surface area contributed by atoms with E-state index >= 15 is 0 Å². The van der Waals surface area contributed by atoms with Gasteiger partial charge in [0.2, 0.25) is 10.0 Å². The molecule has 1 aliphatic carbocycles. The first-order valence-electron chi connectivity index (χ1n) is 10.4. The molecule has 0 atom stereocenters. The van der Waals surface area contributed by atoms with Gasteiger partial charge in [-0.15, -0.1) is 0 Å². The van der Waals surface area contributed by atoms with Gasteiger partial charge in [-0.1, -0.05) is 5.16 Å². The maximum Gasteiger partial charge on any atom is 0.331 e. The number of benzene rings is 1. The Hall–Kier alpha value is -2.76. The summed E-state index contributed by atoms with van der Waals surface area (Å²) in [5.41, 5.74) is -0.478. The highest BCUT2D eigenvalue weighted by molar-refractivity contribution is 7.89. The minimum Gasteiger partial charge on any atom is -0.359 e. The number of nitrogens with one attached hydrogen (secondary N) is 1. The van der Waals surface area contributed by atoms with Crippen molar-refractivity contribution in [2.45, 2.75) is 50.2 Å². The first-order chi connectivity index (χ1) is 15.0. The number of aromatic nitrogens is 3. The molecule has 0 aliphatic heterocycles. The first kappa shape index (κ1) is 22.4. The molecule has 1 aromatic carbocycles. The Morgan fingerprint density at radius 2 is 1.91 bits per heavy atom. The summed E-state index contributed by atoms with van der Waals surface area (Å²) >= 11 is 0. The molecule has 11 heteroatoms. The Labute approximate surface area is 185 Å². The van der Waals surface area contributed by atoms with Crippen molar-refractivity contribution in [3.05, 3.63) is 56.6 Å². The smallest absolute Gasteiger partial charge is 0.331 e. The van der Waals surface area contributed by atoms with Crippen LogP contribution in [-0.2, 0) is 23.1 Å². The highest BCUT2D eigenvalue weighted by Crippen LogP contribution is 2.36. The molecule has 3 aromatic rings. The summed E-state index contributed by atoms with van der Waals surface area (Å²) in [6.45, 7) is 4.39. The van der Waals surface area contributed by atoms with E-state index in [0.717, 1.165) is 17.4 Å². The lowest BCUT2D eigenvalue weighted by Gasteiger charge is -2.17. The predicted octanol–water partition coefficient (Wildman–Crippen LogP) is 0.900. The van der Waals surface area contributed by atoms with Crippen molar-refractivity contribution in [2.24, 2.45) is 0 Å². The van der Waals surface area contributed by atoms with Gasteiger partial charge < -0.3 is 9.42 Å². The first-order valence-corrected chi connectivity index (χ1v) is 11.9. The monoisotopic (exact) mass is 461 g/mol. The number of nitrogens with zero attached hydrogens (tertiary/aromatic N) is 4. The molecule has 1 aliphatic rings. The van der Waals surface area contributed by atoms with Crippen LogP contribution < -0.4 is 16.0 Å². The van der Waals surface area contributed by atoms with E-state index in [4.69, 9.17) is 4.52 Å². The molecular weight excluding hydrogens is 434 g/mol. The molecule has 0 saturated heterocycles. The van der Waals surface area contributed by atoms with Crippen molar-refractivity contribution in [1.29, 1.82) is 0 Å². The molecule has 10 nitrogen and oxygen atoms in total. The molecule has 2 heterocycles. The SMILES string of the molecule is Cc1cc(Cn2c(=O)c3cc(S(=O)(=O)NC4(C)CC4)ccc3n(CCN(C)C)c2=O)on1. The average molecular weight is 462 g/mol. The van der Waals surface area contributed by atoms with Crippen LogP contribution in [0.4, 0.5) is 0 Å². The zero-order chi connectivity index (χ0) is 23.3. The Morgan fingerprint density at radius 1 is 1.19 bits per heavy atom. The molecule has 0 unspecified atom stereocenters. The van der Waals surface area contributed by atoms with Crippen LogP contribution in [-0.4, -0.2) is 53.8 Å². The van der Waals surface area contributed by atoms with Crippen molar-refractivity contribution in [1.82, 2.24) is 23.9 Å². The van der Waals surface area contributed by atoms with Gasteiger partial charge in [-0.3, -0.25) is 13.9 Å². The molecule has 1 saturated carbocycles. The number of fused-ring (bicyclic) bond motifs is 1. The van der Waals surface area contributed by atoms with E-state index in [-0.39, 0.29) is 16.8 Å². The third kappa shape index (κ3) is 4.41. The normalized spacial score (nSPS) is 15.5. The molecule has 0 radical (unpaired) electrons. The molecule has 32 heavy (non-hydrogen) atoms. The zero-order valence-electron chi connectivity index (χ0n) is 18.6. The van der Waals surface area contributed by atoms with E-state index in [1.165, 1.54) is 22.8 Å². The summed E-state index contributed by atoms with van der Waals surface area (Å²) in [5.74, 6) is 0.368. The molecule has 0 amide bonds. The highest BCUT2D eigenvalue weighted by atomic mass is 32.2. The predicted molar refractivity (Wildman–Crippen MR) is 119 cm³/mol. The maximum atomic E-state index is 13.3. The van der Waals surface area contributed by atoms with E-state index in [1.54, 1.807) is 13.0 Å². The second kappa shape index (κ2) is 7.98. The zero-order valence-corrected chi connectivity index (χ0v) is 19.4. The molecule has 0 bridgehead atoms. The Balaban J connectivity index is 1.88. The van der Waals surface area contributed by atoms with Crippen molar-refractivity contribution in [3.63, 3.8) is 0 Å². The van der Waals surface area contributed by atoms with E-state index in [9.17, 15) is 18.0 Å². The number of rotatable bonds is 8. The van der Waals surface area contributed by atoms with Gasteiger partial charge in [0.25, 0.3) is 5.56 Å². The van der Waals surface area contributed by atoms with Crippen LogP contribution in [0.15, 0.2) is 43.3 Å². The van der Waals surface area contributed by atoms with Crippen molar-refractivity contribution in [2.75, 3.05) is 20.6 Å². The van der Waals surface area contributed by atoms with Crippen molar-refractivity contribution in [3.8, 4) is 0 Å². The summed E-state index contributed by atoms with van der Waals surface area (Å²) in [4.78, 5) is 28.4. The van der Waals surface area contributed by atoms with Crippen LogP contribution in [0.5, 0.6) is 0 Å². The topological polar surface area (TPSA) is 119 Å². The van der Waals surface area contributed by atoms with Gasteiger partial charge in [-0.2, -0.15) is 0 Å². The second-order valence-electron chi connectivity index (χ2n) is 8.91. The molecule has 2 aromatic heterocycles. The van der Waals surface area contributed by atoms with Crippen LogP contribution in [0, 0.1) is 6.92 Å². The lowest BCUT2D eigenvalue weighted by atomic mass is 10.2. The molecule has 4 rings (SSSR count). The minimum absolute atomic E-state index is 0.00454. The summed E-state index contributed by atoms with van der Waals surface area (Å²) in [6, 6.07) is 5.97. The van der Waals surface area contributed by atoms with Gasteiger partial charge in [0.05, 0.1) is 28.0 Å². The molecule has 1 N–H and O–H groups in total. The van der Waals surface area contributed by atoms with Gasteiger partial charge in [-0.25, -0.2) is 17.9 Å². The second-order valence-corrected chi connectivity index (χ2v) is 10.6. The van der Waals surface area contributed by atoms with Crippen LogP contribution in [0.2, 0.25) is 0 Å². The summed E-state index contributed by atoms with van der Waals surface area (Å²) in [5, 5.41) is 3.97. The highest BCUT2D eigenvalue weighted by Gasteiger charge is 2.41. The van der Waals surface area contributed by atoms with Crippen LogP contribution in [0.3, 0.4) is 0 Å². The molecule has 1 fully saturated rings. The third-order valence-electron chi connectivity index (χ3n) is 5.65. The quantitative estimate of drug-likeness (QED) is 0.529. The molecular formula is C21H27N5O5S. The fourth-order valence-electron chi connectivity index (χ4n) is 3.55. The van der Waals surface area contributed by atoms with Gasteiger partial charge in [0, 0.05) is 24.7 Å². The average Bonchev–Trinajstić information content (AvgIpc) is 3.28. The van der Waals surface area contributed by atoms with Crippen LogP contribution >= 0.6 is 0 Å². The van der Waals surface area contributed by atoms with Crippen LogP contribution in [0.25, 0.3) is 10.9 Å². The molecule has 0 spiro atoms. The van der Waals surface area contributed by atoms with Gasteiger partial charge in [0.1, 0.15) is 0 Å². The van der Waals surface area contributed by atoms with Gasteiger partial charge in [0.15, 0.2) is 5.76 Å². The Bertz CT molecular complexity index is 1400. The summed E-state index contributed by atoms with van der Waals surface area (Å²) in [7, 11) is -0.0345. The van der Waals surface area contributed by atoms with Gasteiger partial charge >= 0.3 is 5.69 Å². The Kier molecular flexibility index (Phi) is 5.60. The fraction of sp³-hybridized carbons (Fsp3) is 0.476. The van der Waals surface area contributed by atoms with E-state index in [1.807, 2.05) is 25.9 Å². The maximum absolute atomic E-state index is 13.3. The summed E-state index contributed by atoms with van der Waals surface area (Å²) in [6.07, 6.45) is 1.54. The molecule has 172 valence electrons. The van der Waals surface area contributed by atoms with E-state index in [0.29, 0.717) is 30.1 Å². The number of aryl methyl sites for hydroxylation is 1. The fourth-order valence-corrected chi connectivity index (χ4v) is 5.04. The number of hydrogen-bond donors (Lipinski definition) is 1. The van der Waals surface area contributed by atoms with Crippen LogP contribution in [0.1, 0.15) is 31.2 Å². The number of likely N-dealkylation sites (N-methyl/N-ethyl adjacent to an activating group) is 1. The largest absolute Gasteiger partial charge is 0.359 e. The lowest BCUT2D eigenvalue weighted by molar-refractivity contribution is 0.362. The third-order valence-corrected chi connectivity index (χ3v) is 7.28. The Morgan fingerprint density at radius 3 is 2.50 bits per heavy atom. The summed E-state index contributed by atoms with van der Waals surface area (Å²) < 4.78 is 36.2. The lowest BCUT2D eigenvalue weighted by Crippen LogP contribution is -2.41. The minimum atomic E-state index is -3.80. The number of hydrogen-bond acceptors (Lipinski definition) is 7. The standard InChI is InChI=1S/C21H27N5O5S/c1-14-11-15(31-22-14)13-26-19(27)17-12-16(32(29,30)23-21(2)7-8-21)5-6-18(17)25(20(26)28)10-9-24(3)4/h5-6,11-12,23H,7-10,13H2,1-4H3. The van der Waals surface area contributed by atoms with Gasteiger partial charge in [-0.05, 0) is 59.0 Å². The van der Waals surface area contributed by atoms with E-state index in [2.05, 4.69) is 9.88 Å². The van der Waals surface area contributed by atoms with E-state index < -0.39 is 26.8 Å². The number of sulfonamides is 1. The van der Waals surface area contributed by atoms with Crippen molar-refractivity contribution < 1.29 is 12.9 Å². The van der Waals surface area contributed by atoms with Crippen molar-refractivity contribution >= 4 is 20.9 Å².